The van der Waals surface area contributed by atoms with Crippen molar-refractivity contribution in [1.82, 2.24) is 20.2 Å². The predicted molar refractivity (Wildman–Crippen MR) is 106 cm³/mol. The molecule has 1 N–H and O–H groups in total. The van der Waals surface area contributed by atoms with Crippen molar-refractivity contribution in [3.05, 3.63) is 42.5 Å². The van der Waals surface area contributed by atoms with Crippen LogP contribution in [0.1, 0.15) is 38.1 Å². The largest absolute Gasteiger partial charge is 0.491 e. The van der Waals surface area contributed by atoms with E-state index in [1.54, 1.807) is 0 Å². The van der Waals surface area contributed by atoms with Crippen LogP contribution in [0.3, 0.4) is 0 Å². The topological polar surface area (TPSA) is 73.1 Å². The second-order valence-electron chi connectivity index (χ2n) is 6.98. The zero-order valence-electron chi connectivity index (χ0n) is 15.2. The number of tetrazole rings is 1. The second-order valence-corrected chi connectivity index (χ2v) is 7.97. The van der Waals surface area contributed by atoms with Gasteiger partial charge in [-0.05, 0) is 46.2 Å². The van der Waals surface area contributed by atoms with E-state index in [1.165, 1.54) is 36.4 Å². The van der Waals surface area contributed by atoms with Crippen molar-refractivity contribution in [1.29, 1.82) is 0 Å². The Kier molecular flexibility index (Phi) is 5.89. The van der Waals surface area contributed by atoms with Gasteiger partial charge in [0.1, 0.15) is 12.4 Å². The minimum atomic E-state index is -0.585. The molecule has 1 aliphatic carbocycles. The summed E-state index contributed by atoms with van der Waals surface area (Å²) in [4.78, 5) is 0. The Balaban J connectivity index is 1.29. The van der Waals surface area contributed by atoms with E-state index < -0.39 is 6.10 Å². The summed E-state index contributed by atoms with van der Waals surface area (Å²) in [6, 6.07) is 14.5. The predicted octanol–water partition coefficient (Wildman–Crippen LogP) is 3.86. The van der Waals surface area contributed by atoms with Crippen LogP contribution in [-0.2, 0) is 0 Å². The van der Waals surface area contributed by atoms with E-state index in [0.717, 1.165) is 29.1 Å². The summed E-state index contributed by atoms with van der Waals surface area (Å²) < 4.78 is 7.70. The number of fused-ring (bicyclic) bond motifs is 1. The first-order chi connectivity index (χ1) is 13.3. The Morgan fingerprint density at radius 1 is 1.11 bits per heavy atom. The van der Waals surface area contributed by atoms with Crippen molar-refractivity contribution >= 4 is 22.5 Å². The molecule has 0 saturated heterocycles. The average Bonchev–Trinajstić information content (AvgIpc) is 3.20. The summed E-state index contributed by atoms with van der Waals surface area (Å²) in [7, 11) is 0. The number of rotatable bonds is 7. The number of benzene rings is 2. The van der Waals surface area contributed by atoms with Crippen LogP contribution in [0.2, 0.25) is 0 Å². The Morgan fingerprint density at radius 2 is 1.93 bits per heavy atom. The molecular weight excluding hydrogens is 360 g/mol. The van der Waals surface area contributed by atoms with Crippen molar-refractivity contribution in [2.24, 2.45) is 0 Å². The highest BCUT2D eigenvalue weighted by molar-refractivity contribution is 7.99. The van der Waals surface area contributed by atoms with E-state index in [4.69, 9.17) is 4.74 Å². The summed E-state index contributed by atoms with van der Waals surface area (Å²) >= 11 is 1.49. The van der Waals surface area contributed by atoms with Crippen LogP contribution in [0.5, 0.6) is 5.75 Å². The number of aliphatic hydroxyl groups excluding tert-OH is 1. The van der Waals surface area contributed by atoms with E-state index in [-0.39, 0.29) is 6.61 Å². The Bertz CT molecular complexity index is 879. The second kappa shape index (κ2) is 8.71. The van der Waals surface area contributed by atoms with Gasteiger partial charge < -0.3 is 9.84 Å². The molecule has 0 spiro atoms. The molecule has 1 fully saturated rings. The fourth-order valence-corrected chi connectivity index (χ4v) is 4.35. The molecule has 1 saturated carbocycles. The molecule has 27 heavy (non-hydrogen) atoms. The molecule has 0 radical (unpaired) electrons. The minimum Gasteiger partial charge on any atom is -0.491 e. The number of nitrogens with zero attached hydrogens (tertiary/aromatic N) is 4. The molecule has 0 aliphatic heterocycles. The Morgan fingerprint density at radius 3 is 2.78 bits per heavy atom. The first kappa shape index (κ1) is 18.3. The zero-order chi connectivity index (χ0) is 18.5. The van der Waals surface area contributed by atoms with Gasteiger partial charge in [0.15, 0.2) is 0 Å². The van der Waals surface area contributed by atoms with Gasteiger partial charge in [-0.15, -0.1) is 5.10 Å². The lowest BCUT2D eigenvalue weighted by Crippen LogP contribution is -2.21. The van der Waals surface area contributed by atoms with Crippen molar-refractivity contribution < 1.29 is 9.84 Å². The number of aliphatic hydroxyl groups is 1. The summed E-state index contributed by atoms with van der Waals surface area (Å²) in [6.07, 6.45) is 5.44. The van der Waals surface area contributed by atoms with Crippen molar-refractivity contribution in [3.8, 4) is 5.75 Å². The number of ether oxygens (including phenoxy) is 1. The highest BCUT2D eigenvalue weighted by Gasteiger charge is 2.21. The molecule has 6 nitrogen and oxygen atoms in total. The first-order valence-corrected chi connectivity index (χ1v) is 10.5. The SMILES string of the molecule is OC(COc1ccc2ccccc2c1)CSc1nnnn1C1CCCCC1. The van der Waals surface area contributed by atoms with Crippen molar-refractivity contribution in [3.63, 3.8) is 0 Å². The van der Waals surface area contributed by atoms with Crippen molar-refractivity contribution in [2.45, 2.75) is 49.4 Å². The van der Waals surface area contributed by atoms with Gasteiger partial charge in [-0.25, -0.2) is 4.68 Å². The monoisotopic (exact) mass is 384 g/mol. The number of hydrogen-bond acceptors (Lipinski definition) is 6. The first-order valence-electron chi connectivity index (χ1n) is 9.50. The molecule has 4 rings (SSSR count). The van der Waals surface area contributed by atoms with Gasteiger partial charge in [0.05, 0.1) is 12.1 Å². The van der Waals surface area contributed by atoms with Crippen LogP contribution in [0.15, 0.2) is 47.6 Å². The number of thioether (sulfide) groups is 1. The molecule has 1 aromatic heterocycles. The molecule has 1 aliphatic rings. The van der Waals surface area contributed by atoms with Gasteiger partial charge in [-0.3, -0.25) is 0 Å². The quantitative estimate of drug-likeness (QED) is 0.624. The maximum absolute atomic E-state index is 10.3. The van der Waals surface area contributed by atoms with Crippen LogP contribution < -0.4 is 4.74 Å². The zero-order valence-corrected chi connectivity index (χ0v) is 16.0. The van der Waals surface area contributed by atoms with Crippen LogP contribution in [-0.4, -0.2) is 43.8 Å². The van der Waals surface area contributed by atoms with E-state index >= 15 is 0 Å². The fraction of sp³-hybridized carbons (Fsp3) is 0.450. The molecule has 1 atom stereocenters. The summed E-state index contributed by atoms with van der Waals surface area (Å²) in [5.74, 6) is 1.27. The minimum absolute atomic E-state index is 0.246. The summed E-state index contributed by atoms with van der Waals surface area (Å²) in [5.41, 5.74) is 0. The highest BCUT2D eigenvalue weighted by Crippen LogP contribution is 2.30. The van der Waals surface area contributed by atoms with Crippen LogP contribution in [0, 0.1) is 0 Å². The summed E-state index contributed by atoms with van der Waals surface area (Å²) in [6.45, 7) is 0.246. The standard InChI is InChI=1S/C20H24N4O2S/c25-18(13-26-19-11-10-15-6-4-5-7-16(15)12-19)14-27-20-21-22-23-24(20)17-8-2-1-3-9-17/h4-7,10-12,17-18,25H,1-3,8-9,13-14H2. The molecule has 142 valence electrons. The Labute approximate surface area is 162 Å². The Hall–Kier alpha value is -2.12. The number of hydrogen-bond donors (Lipinski definition) is 1. The van der Waals surface area contributed by atoms with Gasteiger partial charge in [-0.2, -0.15) is 0 Å². The molecule has 7 heteroatoms. The van der Waals surface area contributed by atoms with E-state index in [9.17, 15) is 5.11 Å². The fourth-order valence-electron chi connectivity index (χ4n) is 3.50. The third-order valence-corrected chi connectivity index (χ3v) is 6.03. The smallest absolute Gasteiger partial charge is 0.209 e. The van der Waals surface area contributed by atoms with Gasteiger partial charge in [-0.1, -0.05) is 61.4 Å². The third-order valence-electron chi connectivity index (χ3n) is 4.95. The molecule has 0 bridgehead atoms. The van der Waals surface area contributed by atoms with Crippen LogP contribution >= 0.6 is 11.8 Å². The highest BCUT2D eigenvalue weighted by atomic mass is 32.2. The molecule has 2 aromatic carbocycles. The maximum atomic E-state index is 10.3. The third kappa shape index (κ3) is 4.59. The van der Waals surface area contributed by atoms with Crippen LogP contribution in [0.25, 0.3) is 10.8 Å². The molecular formula is C20H24N4O2S. The molecule has 1 heterocycles. The van der Waals surface area contributed by atoms with Gasteiger partial charge in [0.25, 0.3) is 0 Å². The van der Waals surface area contributed by atoms with Gasteiger partial charge in [0.2, 0.25) is 5.16 Å². The molecule has 3 aromatic rings. The van der Waals surface area contributed by atoms with E-state index in [1.807, 2.05) is 35.0 Å². The van der Waals surface area contributed by atoms with Gasteiger partial charge in [0, 0.05) is 5.75 Å². The van der Waals surface area contributed by atoms with E-state index in [2.05, 4.69) is 27.7 Å². The number of aromatic nitrogens is 4. The van der Waals surface area contributed by atoms with Gasteiger partial charge >= 0.3 is 0 Å². The molecule has 0 amide bonds. The lowest BCUT2D eigenvalue weighted by atomic mass is 9.96. The molecule has 1 unspecified atom stereocenters. The van der Waals surface area contributed by atoms with Crippen molar-refractivity contribution in [2.75, 3.05) is 12.4 Å². The summed E-state index contributed by atoms with van der Waals surface area (Å²) in [5, 5.41) is 25.5. The maximum Gasteiger partial charge on any atom is 0.209 e. The average molecular weight is 385 g/mol. The lowest BCUT2D eigenvalue weighted by molar-refractivity contribution is 0.126. The normalized spacial score (nSPS) is 16.5. The van der Waals surface area contributed by atoms with E-state index in [0.29, 0.717) is 11.8 Å². The lowest BCUT2D eigenvalue weighted by Gasteiger charge is -2.22. The van der Waals surface area contributed by atoms with Crippen LogP contribution in [0.4, 0.5) is 0 Å².